The monoisotopic (exact) mass is 543 g/mol. The molecule has 0 aliphatic carbocycles. The summed E-state index contributed by atoms with van der Waals surface area (Å²) in [4.78, 5) is 22.7. The molecule has 0 atom stereocenters. The quantitative estimate of drug-likeness (QED) is 0.285. The van der Waals surface area contributed by atoms with E-state index in [2.05, 4.69) is 35.9 Å². The lowest BCUT2D eigenvalue weighted by Crippen LogP contribution is -2.34. The average molecular weight is 544 g/mol. The number of halogens is 1. The van der Waals surface area contributed by atoms with Crippen molar-refractivity contribution in [3.8, 4) is 17.0 Å². The molecule has 0 radical (unpaired) electrons. The van der Waals surface area contributed by atoms with E-state index in [1.807, 2.05) is 6.92 Å². The van der Waals surface area contributed by atoms with Crippen LogP contribution >= 0.6 is 0 Å². The van der Waals surface area contributed by atoms with Gasteiger partial charge in [-0.1, -0.05) is 0 Å². The highest BCUT2D eigenvalue weighted by molar-refractivity contribution is 7.90. The van der Waals surface area contributed by atoms with Gasteiger partial charge >= 0.3 is 0 Å². The van der Waals surface area contributed by atoms with Crippen LogP contribution in [-0.2, 0) is 21.7 Å². The molecule has 0 unspecified atom stereocenters. The van der Waals surface area contributed by atoms with Crippen molar-refractivity contribution in [3.63, 3.8) is 0 Å². The molecule has 3 N–H and O–H groups in total. The Hall–Kier alpha value is -4.53. The number of hydrogen-bond acceptors (Lipinski definition) is 10. The molecule has 4 aromatic rings. The fourth-order valence-electron chi connectivity index (χ4n) is 3.60. The van der Waals surface area contributed by atoms with Crippen LogP contribution in [0.15, 0.2) is 41.6 Å². The number of aryl methyl sites for hydroxylation is 2. The predicted molar refractivity (Wildman–Crippen MR) is 138 cm³/mol. The molecule has 15 heteroatoms. The zero-order chi connectivity index (χ0) is 27.6. The molecule has 3 aromatic heterocycles. The van der Waals surface area contributed by atoms with Gasteiger partial charge in [-0.15, -0.1) is 0 Å². The minimum Gasteiger partial charge on any atom is -0.491 e. The van der Waals surface area contributed by atoms with Crippen LogP contribution in [0.1, 0.15) is 5.69 Å². The first-order valence-electron chi connectivity index (χ1n) is 11.2. The van der Waals surface area contributed by atoms with E-state index in [1.165, 1.54) is 31.2 Å². The van der Waals surface area contributed by atoms with Gasteiger partial charge in [-0.2, -0.15) is 15.2 Å². The summed E-state index contributed by atoms with van der Waals surface area (Å²) in [5.41, 5.74) is 1.57. The Labute approximate surface area is 218 Å². The lowest BCUT2D eigenvalue weighted by molar-refractivity contribution is -0.119. The average Bonchev–Trinajstić information content (AvgIpc) is 3.49. The number of hydrogen-bond donors (Lipinski definition) is 3. The summed E-state index contributed by atoms with van der Waals surface area (Å²) in [6.07, 6.45) is 4.26. The van der Waals surface area contributed by atoms with Gasteiger partial charge in [0.05, 0.1) is 23.9 Å². The molecule has 0 fully saturated rings. The number of amides is 1. The molecule has 13 nitrogen and oxygen atoms in total. The van der Waals surface area contributed by atoms with Gasteiger partial charge in [-0.25, -0.2) is 17.8 Å². The topological polar surface area (TPSA) is 160 Å². The van der Waals surface area contributed by atoms with Crippen molar-refractivity contribution in [3.05, 3.63) is 48.2 Å². The summed E-state index contributed by atoms with van der Waals surface area (Å²) in [7, 11) is 0.959. The number of sulfone groups is 1. The number of likely N-dealkylation sites (N-methyl/N-ethyl adjacent to an activating group) is 1. The van der Waals surface area contributed by atoms with Crippen molar-refractivity contribution in [2.75, 3.05) is 37.2 Å². The highest BCUT2D eigenvalue weighted by Gasteiger charge is 2.26. The molecule has 0 bridgehead atoms. The molecule has 0 aliphatic heterocycles. The maximum atomic E-state index is 15.3. The third-order valence-electron chi connectivity index (χ3n) is 5.45. The van der Waals surface area contributed by atoms with E-state index >= 15 is 4.39 Å². The number of nitrogens with zero attached hydrogens (tertiary/aromatic N) is 6. The minimum atomic E-state index is -3.66. The van der Waals surface area contributed by atoms with Gasteiger partial charge in [0, 0.05) is 43.9 Å². The van der Waals surface area contributed by atoms with Gasteiger partial charge in [-0.05, 0) is 25.1 Å². The molecule has 38 heavy (non-hydrogen) atoms. The van der Waals surface area contributed by atoms with E-state index in [0.717, 1.165) is 18.0 Å². The number of rotatable bonds is 9. The van der Waals surface area contributed by atoms with Crippen LogP contribution in [0, 0.1) is 12.7 Å². The molecule has 0 spiro atoms. The lowest BCUT2D eigenvalue weighted by Gasteiger charge is -2.24. The largest absolute Gasteiger partial charge is 0.491 e. The van der Waals surface area contributed by atoms with E-state index in [4.69, 9.17) is 4.74 Å². The van der Waals surface area contributed by atoms with Gasteiger partial charge in [0.1, 0.15) is 18.1 Å². The predicted octanol–water partition coefficient (Wildman–Crippen LogP) is 2.09. The molecule has 1 amide bonds. The Morgan fingerprint density at radius 2 is 2.03 bits per heavy atom. The van der Waals surface area contributed by atoms with Crippen molar-refractivity contribution >= 4 is 39.0 Å². The van der Waals surface area contributed by atoms with Crippen LogP contribution in [-0.4, -0.2) is 71.2 Å². The standard InChI is InChI=1S/C23H26FN9O4S/c1-13-8-18(31-30-13)27-22-21(37-4)20(14-10-26-32(3)11-14)28-23(29-22)33(12-19(34)25-2)17-7-6-15(9-16(17)24)38(5,35)36/h6-11H,12H2,1-5H3,(H,25,34)(H2,27,28,29,30,31). The summed E-state index contributed by atoms with van der Waals surface area (Å²) in [5, 5.41) is 16.8. The fraction of sp³-hybridized carbons (Fsp3) is 0.261. The molecule has 4 rings (SSSR count). The number of H-pyrrole nitrogens is 1. The number of aromatic amines is 1. The van der Waals surface area contributed by atoms with Crippen LogP contribution in [0.2, 0.25) is 0 Å². The van der Waals surface area contributed by atoms with Crippen LogP contribution in [0.25, 0.3) is 11.3 Å². The fourth-order valence-corrected chi connectivity index (χ4v) is 4.24. The van der Waals surface area contributed by atoms with Crippen molar-refractivity contribution in [2.24, 2.45) is 7.05 Å². The first-order chi connectivity index (χ1) is 18.0. The normalized spacial score (nSPS) is 11.3. The van der Waals surface area contributed by atoms with Crippen molar-refractivity contribution in [1.29, 1.82) is 0 Å². The molecule has 0 saturated carbocycles. The smallest absolute Gasteiger partial charge is 0.239 e. The maximum Gasteiger partial charge on any atom is 0.239 e. The Morgan fingerprint density at radius 3 is 2.58 bits per heavy atom. The third-order valence-corrected chi connectivity index (χ3v) is 6.56. The summed E-state index contributed by atoms with van der Waals surface area (Å²) < 4.78 is 46.4. The van der Waals surface area contributed by atoms with E-state index < -0.39 is 21.6 Å². The van der Waals surface area contributed by atoms with Crippen LogP contribution in [0.5, 0.6) is 5.75 Å². The van der Waals surface area contributed by atoms with Gasteiger partial charge in [-0.3, -0.25) is 19.5 Å². The minimum absolute atomic E-state index is 0.0611. The van der Waals surface area contributed by atoms with Gasteiger partial charge in [0.25, 0.3) is 0 Å². The molecule has 1 aromatic carbocycles. The van der Waals surface area contributed by atoms with Crippen LogP contribution in [0.4, 0.5) is 27.7 Å². The summed E-state index contributed by atoms with van der Waals surface area (Å²) in [6.45, 7) is 1.46. The number of ether oxygens (including phenoxy) is 1. The maximum absolute atomic E-state index is 15.3. The SMILES string of the molecule is CNC(=O)CN(c1nc(Nc2cc(C)[nH]n2)c(OC)c(-c2cnn(C)c2)n1)c1ccc(S(C)(=O)=O)cc1F. The number of anilines is 4. The van der Waals surface area contributed by atoms with Gasteiger partial charge in [0.15, 0.2) is 27.2 Å². The molecule has 3 heterocycles. The molecular weight excluding hydrogens is 517 g/mol. The Bertz CT molecular complexity index is 1600. The Balaban J connectivity index is 1.94. The van der Waals surface area contributed by atoms with Crippen molar-refractivity contribution in [1.82, 2.24) is 35.3 Å². The zero-order valence-electron chi connectivity index (χ0n) is 21.3. The van der Waals surface area contributed by atoms with E-state index in [9.17, 15) is 13.2 Å². The zero-order valence-corrected chi connectivity index (χ0v) is 22.1. The van der Waals surface area contributed by atoms with Crippen molar-refractivity contribution < 1.29 is 22.3 Å². The molecular formula is C23H26FN9O4S. The molecule has 0 saturated heterocycles. The molecule has 200 valence electrons. The Morgan fingerprint density at radius 1 is 1.26 bits per heavy atom. The van der Waals surface area contributed by atoms with E-state index in [-0.39, 0.29) is 34.6 Å². The van der Waals surface area contributed by atoms with Crippen LogP contribution < -0.4 is 20.3 Å². The Kier molecular flexibility index (Phi) is 7.30. The van der Waals surface area contributed by atoms with E-state index in [1.54, 1.807) is 30.2 Å². The number of benzene rings is 1. The van der Waals surface area contributed by atoms with Crippen LogP contribution in [0.3, 0.4) is 0 Å². The number of aromatic nitrogens is 6. The highest BCUT2D eigenvalue weighted by atomic mass is 32.2. The second-order valence-electron chi connectivity index (χ2n) is 8.36. The summed E-state index contributed by atoms with van der Waals surface area (Å²) >= 11 is 0. The number of carbonyl (C=O) groups excluding carboxylic acids is 1. The number of methoxy groups -OCH3 is 1. The second-order valence-corrected chi connectivity index (χ2v) is 10.4. The number of carbonyl (C=O) groups is 1. The van der Waals surface area contributed by atoms with Gasteiger partial charge < -0.3 is 15.4 Å². The third kappa shape index (κ3) is 5.56. The highest BCUT2D eigenvalue weighted by Crippen LogP contribution is 2.38. The summed E-state index contributed by atoms with van der Waals surface area (Å²) in [6, 6.07) is 5.15. The van der Waals surface area contributed by atoms with Crippen molar-refractivity contribution in [2.45, 2.75) is 11.8 Å². The first kappa shape index (κ1) is 26.5. The summed E-state index contributed by atoms with van der Waals surface area (Å²) in [5.74, 6) is -0.515. The first-order valence-corrected chi connectivity index (χ1v) is 13.1. The van der Waals surface area contributed by atoms with E-state index in [0.29, 0.717) is 17.1 Å². The molecule has 0 aliphatic rings. The van der Waals surface area contributed by atoms with Gasteiger partial charge in [0.2, 0.25) is 11.9 Å². The lowest BCUT2D eigenvalue weighted by atomic mass is 10.2. The number of nitrogens with one attached hydrogen (secondary N) is 3. The second kappa shape index (κ2) is 10.5.